The topological polar surface area (TPSA) is 54.9 Å². The van der Waals surface area contributed by atoms with E-state index in [1.54, 1.807) is 18.4 Å². The number of nitrogens with zero attached hydrogens (tertiary/aromatic N) is 2. The van der Waals surface area contributed by atoms with Crippen LogP contribution < -0.4 is 5.32 Å². The van der Waals surface area contributed by atoms with Gasteiger partial charge in [-0.3, -0.25) is 9.78 Å². The van der Waals surface area contributed by atoms with E-state index in [4.69, 9.17) is 4.98 Å². The summed E-state index contributed by atoms with van der Waals surface area (Å²) in [4.78, 5) is 21.0. The lowest BCUT2D eigenvalue weighted by atomic mass is 9.98. The summed E-state index contributed by atoms with van der Waals surface area (Å²) in [6, 6.07) is 7.76. The molecule has 1 aromatic carbocycles. The number of amides is 1. The maximum absolute atomic E-state index is 11.9. The van der Waals surface area contributed by atoms with Crippen LogP contribution in [-0.2, 0) is 0 Å². The monoisotopic (exact) mass is 351 g/mol. The first kappa shape index (κ1) is 17.3. The fourth-order valence-corrected chi connectivity index (χ4v) is 3.68. The van der Waals surface area contributed by atoms with Crippen molar-refractivity contribution >= 4 is 17.2 Å². The molecule has 0 fully saturated rings. The summed E-state index contributed by atoms with van der Waals surface area (Å²) in [5.41, 5.74) is 5.98. The van der Waals surface area contributed by atoms with Crippen LogP contribution in [0.1, 0.15) is 41.3 Å². The summed E-state index contributed by atoms with van der Waals surface area (Å²) in [5, 5.41) is 5.64. The number of aromatic nitrogens is 2. The normalized spacial score (nSPS) is 10.9. The molecule has 3 rings (SSSR count). The molecule has 1 N–H and O–H groups in total. The number of carbonyl (C=O) groups is 1. The van der Waals surface area contributed by atoms with Crippen LogP contribution in [0.4, 0.5) is 0 Å². The van der Waals surface area contributed by atoms with Crippen molar-refractivity contribution in [2.45, 2.75) is 26.7 Å². The van der Waals surface area contributed by atoms with Gasteiger partial charge in [0.1, 0.15) is 5.01 Å². The summed E-state index contributed by atoms with van der Waals surface area (Å²) >= 11 is 1.59. The Hall–Kier alpha value is -2.53. The molecule has 0 saturated heterocycles. The van der Waals surface area contributed by atoms with E-state index in [2.05, 4.69) is 35.6 Å². The third kappa shape index (κ3) is 3.46. The van der Waals surface area contributed by atoms with Crippen molar-refractivity contribution < 1.29 is 4.79 Å². The zero-order chi connectivity index (χ0) is 18.0. The van der Waals surface area contributed by atoms with E-state index in [0.29, 0.717) is 11.5 Å². The highest BCUT2D eigenvalue weighted by molar-refractivity contribution is 7.13. The molecule has 2 aromatic heterocycles. The lowest BCUT2D eigenvalue weighted by Gasteiger charge is -2.10. The highest BCUT2D eigenvalue weighted by Gasteiger charge is 2.15. The number of rotatable bonds is 4. The molecular weight excluding hydrogens is 330 g/mol. The fraction of sp³-hybridized carbons (Fsp3) is 0.250. The Labute approximate surface area is 152 Å². The van der Waals surface area contributed by atoms with Crippen molar-refractivity contribution in [2.24, 2.45) is 0 Å². The highest BCUT2D eigenvalue weighted by atomic mass is 32.1. The van der Waals surface area contributed by atoms with Gasteiger partial charge in [0.2, 0.25) is 0 Å². The van der Waals surface area contributed by atoms with Gasteiger partial charge < -0.3 is 5.32 Å². The van der Waals surface area contributed by atoms with E-state index in [-0.39, 0.29) is 5.91 Å². The molecule has 0 radical (unpaired) electrons. The Morgan fingerprint density at radius 3 is 2.72 bits per heavy atom. The molecule has 0 aliphatic rings. The molecular formula is C20H21N3OS. The zero-order valence-electron chi connectivity index (χ0n) is 14.8. The molecule has 0 spiro atoms. The Kier molecular flexibility index (Phi) is 4.95. The SMILES string of the molecule is CNC(=O)c1ccc(C)c(-c2nc(-c3cnccc3C(C)C)cs2)c1. The second-order valence-corrected chi connectivity index (χ2v) is 7.12. The molecule has 5 heteroatoms. The van der Waals surface area contributed by atoms with E-state index in [9.17, 15) is 4.79 Å². The van der Waals surface area contributed by atoms with Gasteiger partial charge in [-0.25, -0.2) is 4.98 Å². The predicted octanol–water partition coefficient (Wildman–Crippen LogP) is 4.66. The van der Waals surface area contributed by atoms with Crippen LogP contribution in [0.3, 0.4) is 0 Å². The summed E-state index contributed by atoms with van der Waals surface area (Å²) < 4.78 is 0. The number of benzene rings is 1. The number of carbonyl (C=O) groups excluding carboxylic acids is 1. The van der Waals surface area contributed by atoms with Gasteiger partial charge in [-0.2, -0.15) is 0 Å². The molecule has 0 aliphatic carbocycles. The zero-order valence-corrected chi connectivity index (χ0v) is 15.6. The Morgan fingerprint density at radius 1 is 1.20 bits per heavy atom. The Balaban J connectivity index is 2.04. The molecule has 0 bridgehead atoms. The minimum Gasteiger partial charge on any atom is -0.355 e. The lowest BCUT2D eigenvalue weighted by molar-refractivity contribution is 0.0963. The van der Waals surface area contributed by atoms with Crippen LogP contribution in [0.15, 0.2) is 42.0 Å². The van der Waals surface area contributed by atoms with Gasteiger partial charge in [0.15, 0.2) is 0 Å². The summed E-state index contributed by atoms with van der Waals surface area (Å²) in [6.45, 7) is 6.37. The third-order valence-corrected chi connectivity index (χ3v) is 5.09. The molecule has 4 nitrogen and oxygen atoms in total. The van der Waals surface area contributed by atoms with E-state index >= 15 is 0 Å². The summed E-state index contributed by atoms with van der Waals surface area (Å²) in [7, 11) is 1.64. The molecule has 0 atom stereocenters. The van der Waals surface area contributed by atoms with Gasteiger partial charge >= 0.3 is 0 Å². The molecule has 128 valence electrons. The van der Waals surface area contributed by atoms with Crippen LogP contribution in [-0.4, -0.2) is 22.9 Å². The summed E-state index contributed by atoms with van der Waals surface area (Å²) in [6.07, 6.45) is 3.70. The molecule has 2 heterocycles. The smallest absolute Gasteiger partial charge is 0.251 e. The van der Waals surface area contributed by atoms with Crippen molar-refractivity contribution in [3.05, 3.63) is 58.7 Å². The lowest BCUT2D eigenvalue weighted by Crippen LogP contribution is -2.17. The van der Waals surface area contributed by atoms with Gasteiger partial charge in [-0.1, -0.05) is 19.9 Å². The number of thiazole rings is 1. The van der Waals surface area contributed by atoms with Crippen molar-refractivity contribution in [2.75, 3.05) is 7.05 Å². The Bertz CT molecular complexity index is 915. The molecule has 25 heavy (non-hydrogen) atoms. The highest BCUT2D eigenvalue weighted by Crippen LogP contribution is 2.34. The first-order valence-corrected chi connectivity index (χ1v) is 9.12. The van der Waals surface area contributed by atoms with E-state index in [0.717, 1.165) is 27.4 Å². The van der Waals surface area contributed by atoms with Crippen molar-refractivity contribution in [3.8, 4) is 21.8 Å². The molecule has 3 aromatic rings. The van der Waals surface area contributed by atoms with E-state index in [1.807, 2.05) is 37.5 Å². The largest absolute Gasteiger partial charge is 0.355 e. The van der Waals surface area contributed by atoms with Crippen LogP contribution in [0, 0.1) is 6.92 Å². The van der Waals surface area contributed by atoms with Crippen LogP contribution >= 0.6 is 11.3 Å². The van der Waals surface area contributed by atoms with Gasteiger partial charge in [0, 0.05) is 41.5 Å². The van der Waals surface area contributed by atoms with Gasteiger partial charge in [0.05, 0.1) is 5.69 Å². The number of hydrogen-bond donors (Lipinski definition) is 1. The molecule has 0 aliphatic heterocycles. The van der Waals surface area contributed by atoms with Gasteiger partial charge in [-0.15, -0.1) is 11.3 Å². The van der Waals surface area contributed by atoms with Gasteiger partial charge in [0.25, 0.3) is 5.91 Å². The second kappa shape index (κ2) is 7.15. The second-order valence-electron chi connectivity index (χ2n) is 6.26. The summed E-state index contributed by atoms with van der Waals surface area (Å²) in [5.74, 6) is 0.314. The van der Waals surface area contributed by atoms with Crippen molar-refractivity contribution in [1.82, 2.24) is 15.3 Å². The van der Waals surface area contributed by atoms with Crippen molar-refractivity contribution in [3.63, 3.8) is 0 Å². The molecule has 0 unspecified atom stereocenters. The maximum atomic E-state index is 11.9. The maximum Gasteiger partial charge on any atom is 0.251 e. The fourth-order valence-electron chi connectivity index (χ4n) is 2.78. The first-order valence-electron chi connectivity index (χ1n) is 8.24. The number of nitrogens with one attached hydrogen (secondary N) is 1. The predicted molar refractivity (Wildman–Crippen MR) is 103 cm³/mol. The first-order chi connectivity index (χ1) is 12.0. The molecule has 1 amide bonds. The van der Waals surface area contributed by atoms with Gasteiger partial charge in [-0.05, 0) is 42.2 Å². The van der Waals surface area contributed by atoms with E-state index < -0.39 is 0 Å². The number of hydrogen-bond acceptors (Lipinski definition) is 4. The standard InChI is InChI=1S/C20H21N3OS/c1-12(2)15-7-8-22-10-17(15)18-11-25-20(23-18)16-9-14(19(24)21-4)6-5-13(16)3/h5-12H,1-4H3,(H,21,24). The van der Waals surface area contributed by atoms with Crippen LogP contribution in [0.5, 0.6) is 0 Å². The Morgan fingerprint density at radius 2 is 2.00 bits per heavy atom. The third-order valence-electron chi connectivity index (χ3n) is 4.21. The minimum absolute atomic E-state index is 0.0904. The van der Waals surface area contributed by atoms with Crippen molar-refractivity contribution in [1.29, 1.82) is 0 Å². The average molecular weight is 351 g/mol. The quantitative estimate of drug-likeness (QED) is 0.743. The number of aryl methyl sites for hydroxylation is 1. The minimum atomic E-state index is -0.0904. The number of pyridine rings is 1. The van der Waals surface area contributed by atoms with Crippen LogP contribution in [0.2, 0.25) is 0 Å². The van der Waals surface area contributed by atoms with E-state index in [1.165, 1.54) is 5.56 Å². The van der Waals surface area contributed by atoms with Crippen LogP contribution in [0.25, 0.3) is 21.8 Å². The molecule has 0 saturated carbocycles. The average Bonchev–Trinajstić information content (AvgIpc) is 3.11.